The molecule has 0 aromatic heterocycles. The Kier molecular flexibility index (Phi) is 5.12. The van der Waals surface area contributed by atoms with Crippen molar-refractivity contribution in [3.63, 3.8) is 0 Å². The highest BCUT2D eigenvalue weighted by molar-refractivity contribution is 7.89. The summed E-state index contributed by atoms with van der Waals surface area (Å²) < 4.78 is 24.1. The zero-order valence-electron chi connectivity index (χ0n) is 7.16. The van der Waals surface area contributed by atoms with Crippen molar-refractivity contribution < 1.29 is 13.5 Å². The summed E-state index contributed by atoms with van der Waals surface area (Å²) in [4.78, 5) is 0. The maximum atomic E-state index is 11.0. The minimum Gasteiger partial charge on any atom is -0.374 e. The third-order valence-corrected chi connectivity index (χ3v) is 2.72. The van der Waals surface area contributed by atoms with E-state index in [0.29, 0.717) is 6.42 Å². The first-order valence-corrected chi connectivity index (χ1v) is 5.47. The SMILES string of the molecule is C=CC(O)NS(=O)(=O)CCCC. The molecule has 0 saturated carbocycles. The highest BCUT2D eigenvalue weighted by Crippen LogP contribution is 1.94. The van der Waals surface area contributed by atoms with Crippen LogP contribution in [0, 0.1) is 0 Å². The largest absolute Gasteiger partial charge is 0.374 e. The molecule has 0 bridgehead atoms. The monoisotopic (exact) mass is 193 g/mol. The molecule has 2 N–H and O–H groups in total. The summed E-state index contributed by atoms with van der Waals surface area (Å²) in [5.41, 5.74) is 0. The Bertz CT molecular complexity index is 223. The summed E-state index contributed by atoms with van der Waals surface area (Å²) in [6, 6.07) is 0. The number of unbranched alkanes of at least 4 members (excludes halogenated alkanes) is 1. The molecule has 0 aromatic carbocycles. The van der Waals surface area contributed by atoms with Crippen molar-refractivity contribution in [2.75, 3.05) is 5.75 Å². The predicted octanol–water partition coefficient (Wildman–Crippen LogP) is 0.210. The fourth-order valence-corrected chi connectivity index (χ4v) is 1.88. The molecule has 0 fully saturated rings. The van der Waals surface area contributed by atoms with E-state index in [1.165, 1.54) is 0 Å². The van der Waals surface area contributed by atoms with Crippen LogP contribution in [-0.2, 0) is 10.0 Å². The topological polar surface area (TPSA) is 66.4 Å². The maximum absolute atomic E-state index is 11.0. The predicted molar refractivity (Wildman–Crippen MR) is 48.0 cm³/mol. The van der Waals surface area contributed by atoms with Crippen LogP contribution < -0.4 is 4.72 Å². The molecular formula is C7H15NO3S. The van der Waals surface area contributed by atoms with E-state index in [0.717, 1.165) is 12.5 Å². The van der Waals surface area contributed by atoms with Gasteiger partial charge in [0.15, 0.2) is 0 Å². The van der Waals surface area contributed by atoms with Crippen molar-refractivity contribution >= 4 is 10.0 Å². The van der Waals surface area contributed by atoms with E-state index in [2.05, 4.69) is 11.3 Å². The van der Waals surface area contributed by atoms with Crippen molar-refractivity contribution in [3.05, 3.63) is 12.7 Å². The molecule has 0 aliphatic heterocycles. The van der Waals surface area contributed by atoms with Crippen LogP contribution in [0.3, 0.4) is 0 Å². The summed E-state index contributed by atoms with van der Waals surface area (Å²) in [7, 11) is -3.33. The van der Waals surface area contributed by atoms with Gasteiger partial charge in [-0.3, -0.25) is 0 Å². The van der Waals surface area contributed by atoms with Gasteiger partial charge >= 0.3 is 0 Å². The van der Waals surface area contributed by atoms with Crippen molar-refractivity contribution in [1.29, 1.82) is 0 Å². The number of aliphatic hydroxyl groups is 1. The third-order valence-electron chi connectivity index (χ3n) is 1.29. The van der Waals surface area contributed by atoms with Gasteiger partial charge in [-0.25, -0.2) is 8.42 Å². The summed E-state index contributed by atoms with van der Waals surface area (Å²) >= 11 is 0. The van der Waals surface area contributed by atoms with E-state index < -0.39 is 16.3 Å². The first-order valence-electron chi connectivity index (χ1n) is 3.82. The quantitative estimate of drug-likeness (QED) is 0.468. The average molecular weight is 193 g/mol. The van der Waals surface area contributed by atoms with Gasteiger partial charge < -0.3 is 5.11 Å². The van der Waals surface area contributed by atoms with Gasteiger partial charge in [0, 0.05) is 0 Å². The molecule has 0 heterocycles. The van der Waals surface area contributed by atoms with Gasteiger partial charge in [0.2, 0.25) is 10.0 Å². The van der Waals surface area contributed by atoms with Crippen LogP contribution in [0.15, 0.2) is 12.7 Å². The Morgan fingerprint density at radius 1 is 1.67 bits per heavy atom. The van der Waals surface area contributed by atoms with Crippen molar-refractivity contribution in [2.24, 2.45) is 0 Å². The third kappa shape index (κ3) is 5.29. The van der Waals surface area contributed by atoms with Gasteiger partial charge in [-0.1, -0.05) is 19.9 Å². The van der Waals surface area contributed by atoms with Crippen molar-refractivity contribution in [1.82, 2.24) is 4.72 Å². The fourth-order valence-electron chi connectivity index (χ4n) is 0.625. The molecule has 0 amide bonds. The molecule has 0 aromatic rings. The Hall–Kier alpha value is -0.390. The summed E-state index contributed by atoms with van der Waals surface area (Å²) in [6.45, 7) is 5.15. The van der Waals surface area contributed by atoms with Crippen LogP contribution in [0.5, 0.6) is 0 Å². The summed E-state index contributed by atoms with van der Waals surface area (Å²) in [6.07, 6.45) is 1.36. The molecule has 0 radical (unpaired) electrons. The Morgan fingerprint density at radius 2 is 2.25 bits per heavy atom. The molecule has 12 heavy (non-hydrogen) atoms. The number of hydrogen-bond donors (Lipinski definition) is 2. The lowest BCUT2D eigenvalue weighted by molar-refractivity contribution is 0.212. The number of sulfonamides is 1. The smallest absolute Gasteiger partial charge is 0.213 e. The van der Waals surface area contributed by atoms with Gasteiger partial charge in [0.25, 0.3) is 0 Å². The first-order chi connectivity index (χ1) is 5.52. The summed E-state index contributed by atoms with van der Waals surface area (Å²) in [5, 5.41) is 8.88. The van der Waals surface area contributed by atoms with Crippen LogP contribution in [0.1, 0.15) is 19.8 Å². The molecule has 1 atom stereocenters. The van der Waals surface area contributed by atoms with Gasteiger partial charge in [-0.05, 0) is 12.5 Å². The normalized spacial score (nSPS) is 14.2. The Balaban J connectivity index is 3.96. The molecule has 72 valence electrons. The van der Waals surface area contributed by atoms with Crippen LogP contribution >= 0.6 is 0 Å². The number of aliphatic hydroxyl groups excluding tert-OH is 1. The van der Waals surface area contributed by atoms with E-state index in [1.807, 2.05) is 6.92 Å². The Morgan fingerprint density at radius 3 is 2.67 bits per heavy atom. The van der Waals surface area contributed by atoms with Crippen LogP contribution in [0.4, 0.5) is 0 Å². The van der Waals surface area contributed by atoms with E-state index >= 15 is 0 Å². The van der Waals surface area contributed by atoms with E-state index in [-0.39, 0.29) is 5.75 Å². The highest BCUT2D eigenvalue weighted by atomic mass is 32.2. The second-order valence-corrected chi connectivity index (χ2v) is 4.34. The lowest BCUT2D eigenvalue weighted by atomic mass is 10.4. The number of hydrogen-bond acceptors (Lipinski definition) is 3. The standard InChI is InChI=1S/C7H15NO3S/c1-3-5-6-12(10,11)8-7(9)4-2/h4,7-9H,2-3,5-6H2,1H3. The summed E-state index contributed by atoms with van der Waals surface area (Å²) in [5.74, 6) is 0.0500. The van der Waals surface area contributed by atoms with Gasteiger partial charge in [-0.15, -0.1) is 0 Å². The molecule has 0 spiro atoms. The number of rotatable bonds is 6. The first kappa shape index (κ1) is 11.6. The highest BCUT2D eigenvalue weighted by Gasteiger charge is 2.11. The molecular weight excluding hydrogens is 178 g/mol. The molecule has 1 unspecified atom stereocenters. The van der Waals surface area contributed by atoms with Crippen LogP contribution in [0.25, 0.3) is 0 Å². The number of nitrogens with one attached hydrogen (secondary N) is 1. The van der Waals surface area contributed by atoms with Gasteiger partial charge in [0.05, 0.1) is 5.75 Å². The second-order valence-electron chi connectivity index (χ2n) is 2.47. The average Bonchev–Trinajstić information content (AvgIpc) is 2.00. The van der Waals surface area contributed by atoms with Gasteiger partial charge in [-0.2, -0.15) is 4.72 Å². The van der Waals surface area contributed by atoms with Crippen LogP contribution in [0.2, 0.25) is 0 Å². The fraction of sp³-hybridized carbons (Fsp3) is 0.714. The van der Waals surface area contributed by atoms with E-state index in [1.54, 1.807) is 0 Å². The minimum atomic E-state index is -3.33. The zero-order valence-corrected chi connectivity index (χ0v) is 7.97. The van der Waals surface area contributed by atoms with Crippen molar-refractivity contribution in [2.45, 2.75) is 26.0 Å². The lowest BCUT2D eigenvalue weighted by Gasteiger charge is -2.08. The molecule has 0 rings (SSSR count). The van der Waals surface area contributed by atoms with Gasteiger partial charge in [0.1, 0.15) is 6.23 Å². The zero-order chi connectivity index (χ0) is 9.61. The molecule has 5 heteroatoms. The Labute approximate surface area is 73.3 Å². The maximum Gasteiger partial charge on any atom is 0.213 e. The minimum absolute atomic E-state index is 0.0500. The lowest BCUT2D eigenvalue weighted by Crippen LogP contribution is -2.34. The van der Waals surface area contributed by atoms with Crippen molar-refractivity contribution in [3.8, 4) is 0 Å². The molecule has 4 nitrogen and oxygen atoms in total. The molecule has 0 saturated heterocycles. The molecule has 0 aliphatic rings. The molecule has 0 aliphatic carbocycles. The van der Waals surface area contributed by atoms with E-state index in [9.17, 15) is 8.42 Å². The second kappa shape index (κ2) is 5.29. The van der Waals surface area contributed by atoms with E-state index in [4.69, 9.17) is 5.11 Å². The van der Waals surface area contributed by atoms with Crippen LogP contribution in [-0.4, -0.2) is 25.5 Å².